The van der Waals surface area contributed by atoms with Crippen LogP contribution in [0.2, 0.25) is 0 Å². The standard InChI is InChI=1S/C14H14N6O/c15-13-12(11(21)7-20(13)8-5-16-17-6-8)14-18-9-3-1-2-4-10(9)19-14/h1-6,11-12,15,21H,7H2,(H,16,17)(H,18,19). The zero-order valence-electron chi connectivity index (χ0n) is 11.1. The third kappa shape index (κ3) is 1.82. The molecule has 21 heavy (non-hydrogen) atoms. The molecule has 1 fully saturated rings. The number of H-pyrrole nitrogens is 2. The zero-order valence-corrected chi connectivity index (χ0v) is 11.1. The van der Waals surface area contributed by atoms with Crippen molar-refractivity contribution in [3.8, 4) is 0 Å². The molecule has 0 bridgehead atoms. The lowest BCUT2D eigenvalue weighted by Gasteiger charge is -2.15. The first kappa shape index (κ1) is 12.1. The number of amidine groups is 1. The lowest BCUT2D eigenvalue weighted by molar-refractivity contribution is 0.184. The molecular formula is C14H14N6O. The molecule has 0 saturated carbocycles. The number of aromatic amines is 2. The first-order valence-electron chi connectivity index (χ1n) is 6.71. The second kappa shape index (κ2) is 4.42. The Bertz CT molecular complexity index is 760. The van der Waals surface area contributed by atoms with Crippen LogP contribution in [0.4, 0.5) is 5.69 Å². The van der Waals surface area contributed by atoms with Gasteiger partial charge in [-0.25, -0.2) is 4.98 Å². The minimum Gasteiger partial charge on any atom is -0.390 e. The third-order valence-electron chi connectivity index (χ3n) is 3.84. The van der Waals surface area contributed by atoms with Crippen LogP contribution in [0, 0.1) is 5.41 Å². The summed E-state index contributed by atoms with van der Waals surface area (Å²) in [6.45, 7) is 0.361. The van der Waals surface area contributed by atoms with Gasteiger partial charge in [-0.3, -0.25) is 10.5 Å². The van der Waals surface area contributed by atoms with Gasteiger partial charge in [0.15, 0.2) is 0 Å². The highest BCUT2D eigenvalue weighted by atomic mass is 16.3. The molecule has 2 aromatic heterocycles. The maximum absolute atomic E-state index is 10.3. The lowest BCUT2D eigenvalue weighted by Crippen LogP contribution is -2.25. The number of nitrogens with one attached hydrogen (secondary N) is 3. The Morgan fingerprint density at radius 1 is 1.33 bits per heavy atom. The molecule has 3 heterocycles. The largest absolute Gasteiger partial charge is 0.390 e. The maximum Gasteiger partial charge on any atom is 0.120 e. The Morgan fingerprint density at radius 2 is 2.19 bits per heavy atom. The van der Waals surface area contributed by atoms with E-state index in [0.29, 0.717) is 18.2 Å². The van der Waals surface area contributed by atoms with Gasteiger partial charge in [0.1, 0.15) is 17.6 Å². The van der Waals surface area contributed by atoms with E-state index in [4.69, 9.17) is 5.41 Å². The zero-order chi connectivity index (χ0) is 14.4. The molecular weight excluding hydrogens is 268 g/mol. The average molecular weight is 282 g/mol. The van der Waals surface area contributed by atoms with Gasteiger partial charge in [-0.1, -0.05) is 12.1 Å². The molecule has 106 valence electrons. The van der Waals surface area contributed by atoms with Gasteiger partial charge in [0, 0.05) is 6.20 Å². The van der Waals surface area contributed by atoms with Gasteiger partial charge in [0.2, 0.25) is 0 Å². The number of anilines is 1. The van der Waals surface area contributed by atoms with Crippen LogP contribution < -0.4 is 4.90 Å². The molecule has 1 aliphatic rings. The molecule has 2 atom stereocenters. The smallest absolute Gasteiger partial charge is 0.120 e. The Kier molecular flexibility index (Phi) is 2.55. The number of imidazole rings is 1. The van der Waals surface area contributed by atoms with Crippen LogP contribution in [-0.4, -0.2) is 43.8 Å². The van der Waals surface area contributed by atoms with Crippen LogP contribution >= 0.6 is 0 Å². The molecule has 4 N–H and O–H groups in total. The summed E-state index contributed by atoms with van der Waals surface area (Å²) in [6, 6.07) is 7.69. The molecule has 1 saturated heterocycles. The number of fused-ring (bicyclic) bond motifs is 1. The third-order valence-corrected chi connectivity index (χ3v) is 3.84. The number of benzene rings is 1. The van der Waals surface area contributed by atoms with Crippen LogP contribution in [0.5, 0.6) is 0 Å². The summed E-state index contributed by atoms with van der Waals surface area (Å²) in [5.41, 5.74) is 2.53. The van der Waals surface area contributed by atoms with Crippen LogP contribution in [0.15, 0.2) is 36.7 Å². The number of β-amino-alcohol motifs (C(OH)–C–C–N with tert-alkyl or cyclic N) is 1. The highest BCUT2D eigenvalue weighted by molar-refractivity contribution is 6.02. The van der Waals surface area contributed by atoms with E-state index in [-0.39, 0.29) is 0 Å². The van der Waals surface area contributed by atoms with Gasteiger partial charge in [-0.2, -0.15) is 5.10 Å². The number of para-hydroxylation sites is 2. The molecule has 7 nitrogen and oxygen atoms in total. The predicted octanol–water partition coefficient (Wildman–Crippen LogP) is 1.23. The van der Waals surface area contributed by atoms with Crippen molar-refractivity contribution in [1.82, 2.24) is 20.2 Å². The van der Waals surface area contributed by atoms with E-state index in [9.17, 15) is 5.11 Å². The normalized spacial score (nSPS) is 22.3. The Morgan fingerprint density at radius 3 is 2.95 bits per heavy atom. The molecule has 0 aliphatic carbocycles. The number of aliphatic hydroxyl groups is 1. The van der Waals surface area contributed by atoms with Crippen LogP contribution in [0.25, 0.3) is 11.0 Å². The predicted molar refractivity (Wildman–Crippen MR) is 78.5 cm³/mol. The lowest BCUT2D eigenvalue weighted by atomic mass is 10.1. The molecule has 7 heteroatoms. The average Bonchev–Trinajstić information content (AvgIpc) is 3.17. The van der Waals surface area contributed by atoms with Gasteiger partial charge in [-0.05, 0) is 12.1 Å². The monoisotopic (exact) mass is 282 g/mol. The summed E-state index contributed by atoms with van der Waals surface area (Å²) >= 11 is 0. The van der Waals surface area contributed by atoms with Crippen LogP contribution in [-0.2, 0) is 0 Å². The van der Waals surface area contributed by atoms with Gasteiger partial charge in [0.25, 0.3) is 0 Å². The summed E-state index contributed by atoms with van der Waals surface area (Å²) in [5.74, 6) is 0.495. The first-order valence-corrected chi connectivity index (χ1v) is 6.71. The molecule has 1 aliphatic heterocycles. The number of aromatic nitrogens is 4. The quantitative estimate of drug-likeness (QED) is 0.567. The fourth-order valence-electron chi connectivity index (χ4n) is 2.81. The number of nitrogens with zero attached hydrogens (tertiary/aromatic N) is 3. The number of hydrogen-bond donors (Lipinski definition) is 4. The topological polar surface area (TPSA) is 105 Å². The van der Waals surface area contributed by atoms with E-state index < -0.39 is 12.0 Å². The van der Waals surface area contributed by atoms with Crippen molar-refractivity contribution in [2.75, 3.05) is 11.4 Å². The highest BCUT2D eigenvalue weighted by Gasteiger charge is 2.40. The number of rotatable bonds is 2. The molecule has 0 spiro atoms. The van der Waals surface area contributed by atoms with Gasteiger partial charge in [-0.15, -0.1) is 0 Å². The SMILES string of the molecule is N=C1C(c2nc3ccccc3[nH]2)C(O)CN1c1cn[nH]c1. The van der Waals surface area contributed by atoms with Crippen molar-refractivity contribution in [2.24, 2.45) is 0 Å². The maximum atomic E-state index is 10.3. The van der Waals surface area contributed by atoms with Gasteiger partial charge < -0.3 is 15.0 Å². The fraction of sp³-hybridized carbons (Fsp3) is 0.214. The molecule has 3 aromatic rings. The summed E-state index contributed by atoms with van der Waals surface area (Å²) in [5, 5.41) is 25.3. The second-order valence-corrected chi connectivity index (χ2v) is 5.14. The summed E-state index contributed by atoms with van der Waals surface area (Å²) < 4.78 is 0. The van der Waals surface area contributed by atoms with Crippen LogP contribution in [0.3, 0.4) is 0 Å². The Hall–Kier alpha value is -2.67. The Balaban J connectivity index is 1.73. The Labute approximate surface area is 120 Å². The summed E-state index contributed by atoms with van der Waals surface area (Å²) in [4.78, 5) is 9.45. The first-order chi connectivity index (χ1) is 10.2. The van der Waals surface area contributed by atoms with Crippen molar-refractivity contribution in [3.05, 3.63) is 42.5 Å². The van der Waals surface area contributed by atoms with Crippen LogP contribution in [0.1, 0.15) is 11.7 Å². The minimum atomic E-state index is -0.673. The van der Waals surface area contributed by atoms with Crippen molar-refractivity contribution >= 4 is 22.6 Å². The molecule has 0 amide bonds. The van der Waals surface area contributed by atoms with E-state index in [2.05, 4.69) is 20.2 Å². The van der Waals surface area contributed by atoms with E-state index in [1.807, 2.05) is 24.3 Å². The number of aliphatic hydroxyl groups excluding tert-OH is 1. The second-order valence-electron chi connectivity index (χ2n) is 5.14. The minimum absolute atomic E-state index is 0.322. The molecule has 4 rings (SSSR count). The van der Waals surface area contributed by atoms with Crippen molar-refractivity contribution in [3.63, 3.8) is 0 Å². The molecule has 2 unspecified atom stereocenters. The fourth-order valence-corrected chi connectivity index (χ4v) is 2.81. The van der Waals surface area contributed by atoms with Gasteiger partial charge in [0.05, 0.1) is 35.6 Å². The summed E-state index contributed by atoms with van der Waals surface area (Å²) in [7, 11) is 0. The van der Waals surface area contributed by atoms with E-state index in [1.165, 1.54) is 0 Å². The van der Waals surface area contributed by atoms with E-state index >= 15 is 0 Å². The van der Waals surface area contributed by atoms with E-state index in [1.54, 1.807) is 17.3 Å². The van der Waals surface area contributed by atoms with Crippen molar-refractivity contribution < 1.29 is 5.11 Å². The highest BCUT2D eigenvalue weighted by Crippen LogP contribution is 2.31. The van der Waals surface area contributed by atoms with Crippen molar-refractivity contribution in [2.45, 2.75) is 12.0 Å². The molecule has 0 radical (unpaired) electrons. The summed E-state index contributed by atoms with van der Waals surface area (Å²) in [6.07, 6.45) is 2.68. The van der Waals surface area contributed by atoms with Gasteiger partial charge >= 0.3 is 0 Å². The number of hydrogen-bond acceptors (Lipinski definition) is 4. The molecule has 1 aromatic carbocycles. The van der Waals surface area contributed by atoms with Crippen molar-refractivity contribution in [1.29, 1.82) is 5.41 Å². The van der Waals surface area contributed by atoms with E-state index in [0.717, 1.165) is 16.7 Å².